The van der Waals surface area contributed by atoms with Crippen molar-refractivity contribution in [1.82, 2.24) is 0 Å². The van der Waals surface area contributed by atoms with E-state index in [0.29, 0.717) is 0 Å². The lowest BCUT2D eigenvalue weighted by atomic mass is 9.89. The monoisotopic (exact) mass is 231 g/mol. The number of anilines is 1. The molecule has 0 radical (unpaired) electrons. The number of rotatable bonds is 3. The van der Waals surface area contributed by atoms with E-state index in [1.807, 2.05) is 24.3 Å². The smallest absolute Gasteiger partial charge is 0.320 e. The first kappa shape index (κ1) is 11.4. The van der Waals surface area contributed by atoms with Crippen LogP contribution in [-0.4, -0.2) is 23.2 Å². The molecule has 17 heavy (non-hydrogen) atoms. The molecule has 0 aliphatic carbocycles. The van der Waals surface area contributed by atoms with Gasteiger partial charge < -0.3 is 16.2 Å². The highest BCUT2D eigenvalue weighted by atomic mass is 16.4. The van der Waals surface area contributed by atoms with Gasteiger partial charge in [0.05, 0.1) is 6.07 Å². The number of nitriles is 1. The minimum Gasteiger partial charge on any atom is -0.480 e. The van der Waals surface area contributed by atoms with E-state index in [2.05, 4.69) is 11.4 Å². The van der Waals surface area contributed by atoms with E-state index in [9.17, 15) is 4.79 Å². The molecule has 0 amide bonds. The van der Waals surface area contributed by atoms with Crippen molar-refractivity contribution in [2.24, 2.45) is 5.73 Å². The number of nitrogens with two attached hydrogens (primary N) is 1. The Bertz CT molecular complexity index is 481. The van der Waals surface area contributed by atoms with Gasteiger partial charge in [0.25, 0.3) is 0 Å². The molecule has 3 atom stereocenters. The van der Waals surface area contributed by atoms with Crippen molar-refractivity contribution in [2.75, 3.05) is 5.32 Å². The molecule has 1 heterocycles. The largest absolute Gasteiger partial charge is 0.480 e. The van der Waals surface area contributed by atoms with Crippen LogP contribution in [0.4, 0.5) is 5.69 Å². The van der Waals surface area contributed by atoms with Crippen LogP contribution in [0.5, 0.6) is 0 Å². The first-order valence-electron chi connectivity index (χ1n) is 5.37. The Labute approximate surface area is 98.9 Å². The van der Waals surface area contributed by atoms with Gasteiger partial charge in [-0.15, -0.1) is 0 Å². The Morgan fingerprint density at radius 3 is 2.94 bits per heavy atom. The molecule has 5 nitrogen and oxygen atoms in total. The van der Waals surface area contributed by atoms with Gasteiger partial charge in [0.2, 0.25) is 0 Å². The number of aliphatic carboxylic acids is 1. The first-order valence-corrected chi connectivity index (χ1v) is 5.37. The number of benzene rings is 1. The number of carboxylic acids is 1. The molecule has 88 valence electrons. The summed E-state index contributed by atoms with van der Waals surface area (Å²) in [7, 11) is 0. The van der Waals surface area contributed by atoms with Crippen LogP contribution < -0.4 is 11.1 Å². The average molecular weight is 231 g/mol. The van der Waals surface area contributed by atoms with E-state index in [0.717, 1.165) is 11.3 Å². The highest BCUT2D eigenvalue weighted by Gasteiger charge is 2.34. The van der Waals surface area contributed by atoms with E-state index in [1.165, 1.54) is 0 Å². The van der Waals surface area contributed by atoms with Crippen molar-refractivity contribution >= 4 is 11.7 Å². The second kappa shape index (κ2) is 4.44. The summed E-state index contributed by atoms with van der Waals surface area (Å²) < 4.78 is 0. The molecule has 1 aliphatic rings. The number of para-hydroxylation sites is 1. The van der Waals surface area contributed by atoms with E-state index < -0.39 is 18.1 Å². The van der Waals surface area contributed by atoms with Gasteiger partial charge in [0, 0.05) is 11.6 Å². The summed E-state index contributed by atoms with van der Waals surface area (Å²) in [5.41, 5.74) is 7.39. The van der Waals surface area contributed by atoms with Crippen molar-refractivity contribution in [1.29, 1.82) is 5.26 Å². The average Bonchev–Trinajstić information content (AvgIpc) is 2.67. The molecule has 1 aliphatic heterocycles. The summed E-state index contributed by atoms with van der Waals surface area (Å²) in [4.78, 5) is 10.8. The molecule has 1 aromatic carbocycles. The molecule has 1 aromatic rings. The highest BCUT2D eigenvalue weighted by molar-refractivity contribution is 5.73. The summed E-state index contributed by atoms with van der Waals surface area (Å²) in [6.07, 6.45) is 0.261. The second-order valence-corrected chi connectivity index (χ2v) is 4.13. The zero-order valence-corrected chi connectivity index (χ0v) is 9.13. The predicted octanol–water partition coefficient (Wildman–Crippen LogP) is 0.890. The number of nitrogens with zero attached hydrogens (tertiary/aromatic N) is 1. The standard InChI is InChI=1S/C12H13N3O2/c13-6-11-8(5-9(14)12(16)17)7-3-1-2-4-10(7)15-11/h1-4,8-9,11,15H,5,14H2,(H,16,17)/t8-,9-,11+/m0/s1. The van der Waals surface area contributed by atoms with Gasteiger partial charge in [-0.25, -0.2) is 0 Å². The van der Waals surface area contributed by atoms with Crippen molar-refractivity contribution < 1.29 is 9.90 Å². The van der Waals surface area contributed by atoms with Gasteiger partial charge in [-0.05, 0) is 18.1 Å². The quantitative estimate of drug-likeness (QED) is 0.717. The summed E-state index contributed by atoms with van der Waals surface area (Å²) in [6, 6.07) is 8.33. The van der Waals surface area contributed by atoms with Crippen molar-refractivity contribution in [3.05, 3.63) is 29.8 Å². The highest BCUT2D eigenvalue weighted by Crippen LogP contribution is 2.38. The molecule has 0 saturated heterocycles. The fraction of sp³-hybridized carbons (Fsp3) is 0.333. The van der Waals surface area contributed by atoms with Gasteiger partial charge in [0.15, 0.2) is 0 Å². The second-order valence-electron chi connectivity index (χ2n) is 4.13. The Hall–Kier alpha value is -2.06. The van der Waals surface area contributed by atoms with Crippen LogP contribution in [-0.2, 0) is 4.79 Å². The van der Waals surface area contributed by atoms with Gasteiger partial charge in [0.1, 0.15) is 12.1 Å². The first-order chi connectivity index (χ1) is 8.13. The summed E-state index contributed by atoms with van der Waals surface area (Å²) in [5, 5.41) is 20.9. The fourth-order valence-corrected chi connectivity index (χ4v) is 2.16. The van der Waals surface area contributed by atoms with Gasteiger partial charge >= 0.3 is 5.97 Å². The molecule has 0 saturated carbocycles. The van der Waals surface area contributed by atoms with Crippen LogP contribution in [0.1, 0.15) is 17.9 Å². The Morgan fingerprint density at radius 2 is 2.29 bits per heavy atom. The number of hydrogen-bond donors (Lipinski definition) is 3. The van der Waals surface area contributed by atoms with Crippen LogP contribution in [0.3, 0.4) is 0 Å². The van der Waals surface area contributed by atoms with Gasteiger partial charge in [-0.3, -0.25) is 4.79 Å². The van der Waals surface area contributed by atoms with Gasteiger partial charge in [-0.2, -0.15) is 5.26 Å². The van der Waals surface area contributed by atoms with E-state index in [1.54, 1.807) is 0 Å². The zero-order valence-electron chi connectivity index (χ0n) is 9.13. The third-order valence-corrected chi connectivity index (χ3v) is 3.04. The van der Waals surface area contributed by atoms with E-state index in [4.69, 9.17) is 16.1 Å². The lowest BCUT2D eigenvalue weighted by molar-refractivity contribution is -0.138. The molecule has 0 spiro atoms. The van der Waals surface area contributed by atoms with Gasteiger partial charge in [-0.1, -0.05) is 18.2 Å². The topological polar surface area (TPSA) is 99.1 Å². The van der Waals surface area contributed by atoms with Crippen molar-refractivity contribution in [2.45, 2.75) is 24.4 Å². The lowest BCUT2D eigenvalue weighted by Crippen LogP contribution is -2.34. The molecule has 0 unspecified atom stereocenters. The van der Waals surface area contributed by atoms with Crippen LogP contribution in [0, 0.1) is 11.3 Å². The number of nitrogens with one attached hydrogen (secondary N) is 1. The predicted molar refractivity (Wildman–Crippen MR) is 62.4 cm³/mol. The van der Waals surface area contributed by atoms with Crippen LogP contribution in [0.2, 0.25) is 0 Å². The van der Waals surface area contributed by atoms with E-state index in [-0.39, 0.29) is 12.3 Å². The lowest BCUT2D eigenvalue weighted by Gasteiger charge is -2.16. The summed E-state index contributed by atoms with van der Waals surface area (Å²) in [5.74, 6) is -1.20. The molecule has 0 fully saturated rings. The minimum absolute atomic E-state index is 0.165. The Balaban J connectivity index is 2.25. The summed E-state index contributed by atoms with van der Waals surface area (Å²) in [6.45, 7) is 0. The molecule has 4 N–H and O–H groups in total. The van der Waals surface area contributed by atoms with Crippen LogP contribution in [0.15, 0.2) is 24.3 Å². The summed E-state index contributed by atoms with van der Waals surface area (Å²) >= 11 is 0. The maximum Gasteiger partial charge on any atom is 0.320 e. The third-order valence-electron chi connectivity index (χ3n) is 3.04. The van der Waals surface area contributed by atoms with Crippen LogP contribution >= 0.6 is 0 Å². The number of carbonyl (C=O) groups is 1. The molecule has 0 bridgehead atoms. The zero-order chi connectivity index (χ0) is 12.4. The number of hydrogen-bond acceptors (Lipinski definition) is 4. The Morgan fingerprint density at radius 1 is 1.59 bits per heavy atom. The Kier molecular flexibility index (Phi) is 2.98. The molecule has 5 heteroatoms. The SMILES string of the molecule is N#C[C@H]1Nc2ccccc2[C@@H]1C[C@H](N)C(=O)O. The molecular formula is C12H13N3O2. The third kappa shape index (κ3) is 2.08. The number of fused-ring (bicyclic) bond motifs is 1. The maximum absolute atomic E-state index is 10.8. The normalized spacial score (nSPS) is 23.3. The molecule has 0 aromatic heterocycles. The number of carboxylic acid groups (broad SMARTS) is 1. The van der Waals surface area contributed by atoms with Crippen molar-refractivity contribution in [3.8, 4) is 6.07 Å². The maximum atomic E-state index is 10.8. The molecular weight excluding hydrogens is 218 g/mol. The molecule has 2 rings (SSSR count). The van der Waals surface area contributed by atoms with E-state index >= 15 is 0 Å². The minimum atomic E-state index is -1.04. The van der Waals surface area contributed by atoms with Crippen LogP contribution in [0.25, 0.3) is 0 Å². The fourth-order valence-electron chi connectivity index (χ4n) is 2.16. The van der Waals surface area contributed by atoms with Crippen molar-refractivity contribution in [3.63, 3.8) is 0 Å².